The Labute approximate surface area is 225 Å². The highest BCUT2D eigenvalue weighted by atomic mass is 35.5. The molecule has 2 aliphatic rings. The maximum Gasteiger partial charge on any atom is 0.259 e. The molecule has 9 heteroatoms. The molecule has 2 aromatic carbocycles. The molecule has 192 valence electrons. The van der Waals surface area contributed by atoms with Gasteiger partial charge in [0, 0.05) is 44.0 Å². The normalized spacial score (nSPS) is 19.2. The third-order valence-corrected chi connectivity index (χ3v) is 7.66. The van der Waals surface area contributed by atoms with Crippen LogP contribution in [0.4, 0.5) is 0 Å². The van der Waals surface area contributed by atoms with Crippen molar-refractivity contribution >= 4 is 35.0 Å². The van der Waals surface area contributed by atoms with Crippen LogP contribution in [0.3, 0.4) is 0 Å². The average molecular weight is 540 g/mol. The molecular weight excluding hydrogens is 513 g/mol. The van der Waals surface area contributed by atoms with E-state index in [0.717, 1.165) is 12.8 Å². The highest BCUT2D eigenvalue weighted by molar-refractivity contribution is 6.34. The Morgan fingerprint density at radius 1 is 0.892 bits per heavy atom. The lowest BCUT2D eigenvalue weighted by atomic mass is 9.92. The van der Waals surface area contributed by atoms with E-state index < -0.39 is 0 Å². The van der Waals surface area contributed by atoms with Crippen LogP contribution in [-0.2, 0) is 0 Å². The molecule has 0 unspecified atom stereocenters. The number of benzene rings is 2. The third-order valence-electron chi connectivity index (χ3n) is 7.12. The van der Waals surface area contributed by atoms with Crippen LogP contribution in [0.1, 0.15) is 33.6 Å². The van der Waals surface area contributed by atoms with E-state index in [4.69, 9.17) is 32.7 Å². The van der Waals surface area contributed by atoms with E-state index in [-0.39, 0.29) is 11.8 Å². The highest BCUT2D eigenvalue weighted by Gasteiger charge is 2.39. The van der Waals surface area contributed by atoms with Gasteiger partial charge in [0.05, 0.1) is 17.2 Å². The first-order chi connectivity index (χ1) is 17.9. The van der Waals surface area contributed by atoms with E-state index in [1.54, 1.807) is 61.7 Å². The number of pyridine rings is 1. The number of nitrogens with zero attached hydrogens (tertiary/aromatic N) is 3. The maximum absolute atomic E-state index is 13.3. The Morgan fingerprint density at radius 2 is 1.59 bits per heavy atom. The number of methoxy groups -OCH3 is 1. The third kappa shape index (κ3) is 5.53. The number of aromatic nitrogens is 1. The van der Waals surface area contributed by atoms with Crippen LogP contribution in [0.15, 0.2) is 60.8 Å². The summed E-state index contributed by atoms with van der Waals surface area (Å²) < 4.78 is 11.1. The molecule has 2 amide bonds. The second-order valence-corrected chi connectivity index (χ2v) is 10.2. The number of carbonyl (C=O) groups excluding carboxylic acids is 2. The second-order valence-electron chi connectivity index (χ2n) is 9.36. The van der Waals surface area contributed by atoms with Gasteiger partial charge in [-0.15, -0.1) is 0 Å². The Kier molecular flexibility index (Phi) is 7.53. The molecule has 0 aliphatic carbocycles. The summed E-state index contributed by atoms with van der Waals surface area (Å²) in [5.41, 5.74) is 1.03. The molecule has 2 atom stereocenters. The molecule has 1 aromatic heterocycles. The van der Waals surface area contributed by atoms with Crippen LogP contribution in [0, 0.1) is 11.8 Å². The highest BCUT2D eigenvalue weighted by Crippen LogP contribution is 2.35. The minimum absolute atomic E-state index is 0.00452. The van der Waals surface area contributed by atoms with Crippen LogP contribution in [-0.4, -0.2) is 59.9 Å². The molecule has 2 aliphatic heterocycles. The summed E-state index contributed by atoms with van der Waals surface area (Å²) in [6.45, 7) is 2.63. The van der Waals surface area contributed by atoms with Gasteiger partial charge in [0.1, 0.15) is 17.1 Å². The number of hydrogen-bond donors (Lipinski definition) is 0. The predicted molar refractivity (Wildman–Crippen MR) is 142 cm³/mol. The quantitative estimate of drug-likeness (QED) is 0.408. The lowest BCUT2D eigenvalue weighted by Crippen LogP contribution is -2.34. The molecule has 2 fully saturated rings. The van der Waals surface area contributed by atoms with Gasteiger partial charge in [-0.3, -0.25) is 9.59 Å². The van der Waals surface area contributed by atoms with Crippen LogP contribution in [0.25, 0.3) is 0 Å². The summed E-state index contributed by atoms with van der Waals surface area (Å²) >= 11 is 12.2. The number of ether oxygens (including phenoxy) is 2. The molecule has 0 spiro atoms. The molecule has 0 N–H and O–H groups in total. The average Bonchev–Trinajstić information content (AvgIpc) is 3.22. The Bertz CT molecular complexity index is 1270. The topological polar surface area (TPSA) is 72.0 Å². The van der Waals surface area contributed by atoms with E-state index in [9.17, 15) is 9.59 Å². The van der Waals surface area contributed by atoms with Crippen LogP contribution in [0.5, 0.6) is 17.4 Å². The lowest BCUT2D eigenvalue weighted by Gasteiger charge is -2.23. The van der Waals surface area contributed by atoms with Gasteiger partial charge in [-0.2, -0.15) is 0 Å². The molecule has 3 heterocycles. The van der Waals surface area contributed by atoms with E-state index >= 15 is 0 Å². The first kappa shape index (κ1) is 25.4. The zero-order chi connectivity index (χ0) is 25.9. The van der Waals surface area contributed by atoms with E-state index in [1.165, 1.54) is 6.20 Å². The van der Waals surface area contributed by atoms with Crippen molar-refractivity contribution in [2.24, 2.45) is 11.8 Å². The first-order valence-corrected chi connectivity index (χ1v) is 13.0. The number of carbonyl (C=O) groups is 2. The van der Waals surface area contributed by atoms with Gasteiger partial charge in [-0.25, -0.2) is 4.98 Å². The van der Waals surface area contributed by atoms with Crippen LogP contribution >= 0.6 is 23.2 Å². The largest absolute Gasteiger partial charge is 0.496 e. The van der Waals surface area contributed by atoms with Gasteiger partial charge in [-0.05, 0) is 67.1 Å². The van der Waals surface area contributed by atoms with E-state index in [2.05, 4.69) is 4.98 Å². The minimum atomic E-state index is -0.0976. The van der Waals surface area contributed by atoms with Crippen molar-refractivity contribution in [1.82, 2.24) is 14.8 Å². The predicted octanol–water partition coefficient (Wildman–Crippen LogP) is 5.81. The molecule has 0 radical (unpaired) electrons. The smallest absolute Gasteiger partial charge is 0.259 e. The number of halogens is 2. The van der Waals surface area contributed by atoms with Gasteiger partial charge in [0.15, 0.2) is 0 Å². The fraction of sp³-hybridized carbons (Fsp3) is 0.321. The van der Waals surface area contributed by atoms with E-state index in [0.29, 0.717) is 76.6 Å². The van der Waals surface area contributed by atoms with Crippen molar-refractivity contribution in [3.63, 3.8) is 0 Å². The van der Waals surface area contributed by atoms with Gasteiger partial charge >= 0.3 is 0 Å². The maximum atomic E-state index is 13.3. The molecule has 7 nitrogen and oxygen atoms in total. The summed E-state index contributed by atoms with van der Waals surface area (Å²) in [5, 5.41) is 0.934. The van der Waals surface area contributed by atoms with Gasteiger partial charge in [0.2, 0.25) is 5.88 Å². The van der Waals surface area contributed by atoms with Gasteiger partial charge in [0.25, 0.3) is 11.8 Å². The van der Waals surface area contributed by atoms with Gasteiger partial charge < -0.3 is 19.3 Å². The van der Waals surface area contributed by atoms with Crippen molar-refractivity contribution in [1.29, 1.82) is 0 Å². The van der Waals surface area contributed by atoms with Crippen molar-refractivity contribution in [3.8, 4) is 17.4 Å². The summed E-state index contributed by atoms with van der Waals surface area (Å²) in [4.78, 5) is 34.4. The van der Waals surface area contributed by atoms with Gasteiger partial charge in [-0.1, -0.05) is 29.3 Å². The molecular formula is C28H27Cl2N3O4. The molecule has 0 bridgehead atoms. The summed E-state index contributed by atoms with van der Waals surface area (Å²) in [7, 11) is 1.54. The number of hydrogen-bond acceptors (Lipinski definition) is 5. The molecule has 3 aromatic rings. The number of amides is 2. The van der Waals surface area contributed by atoms with E-state index in [1.807, 2.05) is 9.80 Å². The second kappa shape index (κ2) is 11.0. The fourth-order valence-corrected chi connectivity index (χ4v) is 5.51. The molecule has 37 heavy (non-hydrogen) atoms. The van der Waals surface area contributed by atoms with Crippen molar-refractivity contribution in [2.45, 2.75) is 12.8 Å². The monoisotopic (exact) mass is 539 g/mol. The summed E-state index contributed by atoms with van der Waals surface area (Å²) in [6.07, 6.45) is 3.22. The van der Waals surface area contributed by atoms with Crippen molar-refractivity contribution in [2.75, 3.05) is 33.3 Å². The molecule has 2 saturated heterocycles. The van der Waals surface area contributed by atoms with Crippen LogP contribution in [0.2, 0.25) is 10.0 Å². The number of rotatable bonds is 5. The lowest BCUT2D eigenvalue weighted by molar-refractivity contribution is 0.0733. The first-order valence-electron chi connectivity index (χ1n) is 12.2. The Hall–Kier alpha value is -3.29. The Balaban J connectivity index is 1.19. The number of likely N-dealkylation sites (tertiary alicyclic amines) is 2. The zero-order valence-corrected chi connectivity index (χ0v) is 21.9. The Morgan fingerprint density at radius 3 is 2.22 bits per heavy atom. The minimum Gasteiger partial charge on any atom is -0.496 e. The summed E-state index contributed by atoms with van der Waals surface area (Å²) in [6, 6.07) is 15.7. The van der Waals surface area contributed by atoms with Crippen molar-refractivity contribution in [3.05, 3.63) is 82.0 Å². The standard InChI is InChI=1S/C28H27Cl2N3O4/c1-36-24-4-2-3-23(30)26(24)28(35)33-16-19-11-13-32(14-12-20(19)17-33)27(34)18-5-8-22(9-6-18)37-25-10-7-21(29)15-31-25/h2-10,15,19-20H,11-14,16-17H2,1H3/t19-,20+. The molecule has 5 rings (SSSR count). The SMILES string of the molecule is COc1cccc(Cl)c1C(=O)N1C[C@H]2CCN(C(=O)c3ccc(Oc4ccc(Cl)cn4)cc3)CC[C@H]2C1. The summed E-state index contributed by atoms with van der Waals surface area (Å²) in [5.74, 6) is 2.11. The zero-order valence-electron chi connectivity index (χ0n) is 20.4. The fourth-order valence-electron chi connectivity index (χ4n) is 5.15. The number of fused-ring (bicyclic) bond motifs is 1. The van der Waals surface area contributed by atoms with Crippen molar-refractivity contribution < 1.29 is 19.1 Å². The van der Waals surface area contributed by atoms with Crippen LogP contribution < -0.4 is 9.47 Å². The molecule has 0 saturated carbocycles.